The van der Waals surface area contributed by atoms with E-state index in [0.717, 1.165) is 34.1 Å². The topological polar surface area (TPSA) is 41.1 Å². The summed E-state index contributed by atoms with van der Waals surface area (Å²) in [6.07, 6.45) is 1.00. The molecule has 0 saturated carbocycles. The normalized spacial score (nSPS) is 13.6. The summed E-state index contributed by atoms with van der Waals surface area (Å²) in [6.45, 7) is 1.79. The van der Waals surface area contributed by atoms with Crippen molar-refractivity contribution in [2.24, 2.45) is 0 Å². The Kier molecular flexibility index (Phi) is 4.42. The summed E-state index contributed by atoms with van der Waals surface area (Å²) in [4.78, 5) is 12.4. The fraction of sp³-hybridized carbons (Fsp3) is 0.188. The minimum atomic E-state index is -0.101. The highest BCUT2D eigenvalue weighted by molar-refractivity contribution is 9.11. The van der Waals surface area contributed by atoms with Crippen LogP contribution in [-0.2, 0) is 13.0 Å². The Balaban J connectivity index is 1.88. The van der Waals surface area contributed by atoms with Gasteiger partial charge >= 0.3 is 0 Å². The molecule has 0 aliphatic carbocycles. The van der Waals surface area contributed by atoms with E-state index in [4.69, 9.17) is 0 Å². The largest absolute Gasteiger partial charge is 0.322 e. The van der Waals surface area contributed by atoms with Gasteiger partial charge in [-0.1, -0.05) is 44.0 Å². The Morgan fingerprint density at radius 1 is 1.14 bits per heavy atom. The van der Waals surface area contributed by atoms with Crippen LogP contribution >= 0.6 is 31.9 Å². The maximum atomic E-state index is 12.4. The molecule has 1 amide bonds. The summed E-state index contributed by atoms with van der Waals surface area (Å²) in [5.41, 5.74) is 4.01. The first kappa shape index (κ1) is 14.8. The van der Waals surface area contributed by atoms with E-state index in [9.17, 15) is 4.79 Å². The second-order valence-corrected chi connectivity index (χ2v) is 6.81. The Hall–Kier alpha value is -1.17. The fourth-order valence-electron chi connectivity index (χ4n) is 2.51. The molecule has 0 spiro atoms. The van der Waals surface area contributed by atoms with Crippen molar-refractivity contribution in [2.45, 2.75) is 13.0 Å². The Morgan fingerprint density at radius 3 is 2.67 bits per heavy atom. The van der Waals surface area contributed by atoms with Crippen LogP contribution in [-0.4, -0.2) is 12.5 Å². The SMILES string of the molecule is O=C(Nc1cccc2c1CNCC2)c1cc(Br)cc(Br)c1. The summed E-state index contributed by atoms with van der Waals surface area (Å²) in [6, 6.07) is 11.6. The molecule has 1 aliphatic rings. The van der Waals surface area contributed by atoms with Gasteiger partial charge in [0.1, 0.15) is 0 Å². The summed E-state index contributed by atoms with van der Waals surface area (Å²) in [7, 11) is 0. The van der Waals surface area contributed by atoms with Crippen LogP contribution in [0.5, 0.6) is 0 Å². The maximum Gasteiger partial charge on any atom is 0.255 e. The van der Waals surface area contributed by atoms with Gasteiger partial charge in [-0.3, -0.25) is 4.79 Å². The van der Waals surface area contributed by atoms with E-state index in [2.05, 4.69) is 48.6 Å². The van der Waals surface area contributed by atoms with E-state index >= 15 is 0 Å². The number of fused-ring (bicyclic) bond motifs is 1. The monoisotopic (exact) mass is 408 g/mol. The number of carbonyl (C=O) groups is 1. The lowest BCUT2D eigenvalue weighted by Gasteiger charge is -2.20. The zero-order valence-corrected chi connectivity index (χ0v) is 14.4. The molecular formula is C16H14Br2N2O. The number of carbonyl (C=O) groups excluding carboxylic acids is 1. The number of benzene rings is 2. The Morgan fingerprint density at radius 2 is 1.90 bits per heavy atom. The molecule has 0 unspecified atom stereocenters. The number of anilines is 1. The van der Waals surface area contributed by atoms with Crippen LogP contribution in [0.25, 0.3) is 0 Å². The fourth-order valence-corrected chi connectivity index (χ4v) is 3.80. The average molecular weight is 410 g/mol. The molecular weight excluding hydrogens is 396 g/mol. The molecule has 1 heterocycles. The molecule has 2 aromatic rings. The molecule has 5 heteroatoms. The quantitative estimate of drug-likeness (QED) is 0.783. The smallest absolute Gasteiger partial charge is 0.255 e. The average Bonchev–Trinajstić information content (AvgIpc) is 2.46. The standard InChI is InChI=1S/C16H14Br2N2O/c17-12-6-11(7-13(18)8-12)16(21)20-15-3-1-2-10-4-5-19-9-14(10)15/h1-3,6-8,19H,4-5,9H2,(H,20,21). The van der Waals surface area contributed by atoms with E-state index < -0.39 is 0 Å². The Labute approximate surface area is 140 Å². The second-order valence-electron chi connectivity index (χ2n) is 4.98. The predicted octanol–water partition coefficient (Wildman–Crippen LogP) is 4.11. The molecule has 2 N–H and O–H groups in total. The summed E-state index contributed by atoms with van der Waals surface area (Å²) < 4.78 is 1.75. The number of nitrogens with one attached hydrogen (secondary N) is 2. The number of amides is 1. The van der Waals surface area contributed by atoms with Crippen molar-refractivity contribution in [3.8, 4) is 0 Å². The summed E-state index contributed by atoms with van der Waals surface area (Å²) in [5, 5.41) is 6.37. The molecule has 3 nitrogen and oxygen atoms in total. The molecule has 108 valence electrons. The number of hydrogen-bond donors (Lipinski definition) is 2. The first-order chi connectivity index (χ1) is 10.1. The summed E-state index contributed by atoms with van der Waals surface area (Å²) >= 11 is 6.81. The highest BCUT2D eigenvalue weighted by Gasteiger charge is 2.15. The molecule has 0 atom stereocenters. The third-order valence-corrected chi connectivity index (χ3v) is 4.43. The van der Waals surface area contributed by atoms with Gasteiger partial charge in [-0.2, -0.15) is 0 Å². The zero-order chi connectivity index (χ0) is 14.8. The molecule has 0 saturated heterocycles. The van der Waals surface area contributed by atoms with Gasteiger partial charge < -0.3 is 10.6 Å². The number of rotatable bonds is 2. The predicted molar refractivity (Wildman–Crippen MR) is 91.6 cm³/mol. The van der Waals surface area contributed by atoms with Crippen LogP contribution in [0, 0.1) is 0 Å². The van der Waals surface area contributed by atoms with Gasteiger partial charge in [-0.25, -0.2) is 0 Å². The van der Waals surface area contributed by atoms with E-state index in [-0.39, 0.29) is 5.91 Å². The highest BCUT2D eigenvalue weighted by atomic mass is 79.9. The molecule has 0 fully saturated rings. The zero-order valence-electron chi connectivity index (χ0n) is 11.2. The summed E-state index contributed by atoms with van der Waals surface area (Å²) in [5.74, 6) is -0.101. The third kappa shape index (κ3) is 3.36. The van der Waals surface area contributed by atoms with Crippen molar-refractivity contribution in [1.82, 2.24) is 5.32 Å². The van der Waals surface area contributed by atoms with Crippen LogP contribution in [0.1, 0.15) is 21.5 Å². The van der Waals surface area contributed by atoms with Crippen molar-refractivity contribution in [2.75, 3.05) is 11.9 Å². The van der Waals surface area contributed by atoms with Gasteiger partial charge in [0.2, 0.25) is 0 Å². The molecule has 21 heavy (non-hydrogen) atoms. The molecule has 2 aromatic carbocycles. The van der Waals surface area contributed by atoms with Crippen molar-refractivity contribution in [1.29, 1.82) is 0 Å². The van der Waals surface area contributed by atoms with Gasteiger partial charge in [0.15, 0.2) is 0 Å². The van der Waals surface area contributed by atoms with Gasteiger partial charge in [0, 0.05) is 26.7 Å². The van der Waals surface area contributed by atoms with Gasteiger partial charge in [-0.05, 0) is 48.4 Å². The third-order valence-electron chi connectivity index (χ3n) is 3.52. The van der Waals surface area contributed by atoms with Gasteiger partial charge in [0.05, 0.1) is 0 Å². The lowest BCUT2D eigenvalue weighted by molar-refractivity contribution is 0.102. The minimum Gasteiger partial charge on any atom is -0.322 e. The lowest BCUT2D eigenvalue weighted by atomic mass is 9.99. The van der Waals surface area contributed by atoms with Gasteiger partial charge in [0.25, 0.3) is 5.91 Å². The van der Waals surface area contributed by atoms with Crippen molar-refractivity contribution < 1.29 is 4.79 Å². The van der Waals surface area contributed by atoms with E-state index in [0.29, 0.717) is 5.56 Å². The number of halogens is 2. The van der Waals surface area contributed by atoms with Crippen LogP contribution in [0.15, 0.2) is 45.3 Å². The molecule has 0 bridgehead atoms. The second kappa shape index (κ2) is 6.30. The van der Waals surface area contributed by atoms with Crippen LogP contribution < -0.4 is 10.6 Å². The minimum absolute atomic E-state index is 0.101. The van der Waals surface area contributed by atoms with Crippen molar-refractivity contribution in [3.63, 3.8) is 0 Å². The lowest BCUT2D eigenvalue weighted by Crippen LogP contribution is -2.25. The molecule has 0 aromatic heterocycles. The van der Waals surface area contributed by atoms with Crippen molar-refractivity contribution >= 4 is 43.5 Å². The number of hydrogen-bond acceptors (Lipinski definition) is 2. The molecule has 0 radical (unpaired) electrons. The Bertz CT molecular complexity index is 680. The molecule has 3 rings (SSSR count). The van der Waals surface area contributed by atoms with Crippen molar-refractivity contribution in [3.05, 3.63) is 62.0 Å². The van der Waals surface area contributed by atoms with Crippen LogP contribution in [0.3, 0.4) is 0 Å². The van der Waals surface area contributed by atoms with Crippen LogP contribution in [0.4, 0.5) is 5.69 Å². The van der Waals surface area contributed by atoms with E-state index in [1.165, 1.54) is 11.1 Å². The van der Waals surface area contributed by atoms with E-state index in [1.54, 1.807) is 0 Å². The van der Waals surface area contributed by atoms with E-state index in [1.807, 2.05) is 30.3 Å². The van der Waals surface area contributed by atoms with Crippen LogP contribution in [0.2, 0.25) is 0 Å². The first-order valence-electron chi connectivity index (χ1n) is 6.72. The maximum absolute atomic E-state index is 12.4. The molecule has 1 aliphatic heterocycles. The highest BCUT2D eigenvalue weighted by Crippen LogP contribution is 2.25. The first-order valence-corrected chi connectivity index (χ1v) is 8.31. The van der Waals surface area contributed by atoms with Gasteiger partial charge in [-0.15, -0.1) is 0 Å².